The second-order valence-corrected chi connectivity index (χ2v) is 6.77. The number of nitrogens with zero attached hydrogens (tertiary/aromatic N) is 1. The lowest BCUT2D eigenvalue weighted by Crippen LogP contribution is -2.21. The van der Waals surface area contributed by atoms with Crippen LogP contribution < -0.4 is 18.9 Å². The zero-order chi connectivity index (χ0) is 18.8. The Morgan fingerprint density at radius 1 is 0.929 bits per heavy atom. The number of benzene rings is 3. The summed E-state index contributed by atoms with van der Waals surface area (Å²) in [4.78, 5) is 18.0. The van der Waals surface area contributed by atoms with Crippen LogP contribution in [0.3, 0.4) is 0 Å². The maximum Gasteiger partial charge on any atom is 0.278 e. The maximum absolute atomic E-state index is 12.8. The molecule has 3 aromatic rings. The van der Waals surface area contributed by atoms with Gasteiger partial charge in [0.2, 0.25) is 13.6 Å². The summed E-state index contributed by atoms with van der Waals surface area (Å²) in [6, 6.07) is 11.5. The lowest BCUT2D eigenvalue weighted by atomic mass is 9.90. The number of rotatable bonds is 2. The average Bonchev–Trinajstić information content (AvgIpc) is 3.44. The molecule has 3 aromatic carbocycles. The minimum Gasteiger partial charge on any atom is -0.454 e. The number of fused-ring (bicyclic) bond motifs is 5. The van der Waals surface area contributed by atoms with Crippen molar-refractivity contribution in [1.29, 1.82) is 0 Å². The van der Waals surface area contributed by atoms with Crippen LogP contribution in [0.4, 0.5) is 0 Å². The van der Waals surface area contributed by atoms with Crippen molar-refractivity contribution in [1.82, 2.24) is 5.06 Å². The van der Waals surface area contributed by atoms with Gasteiger partial charge in [0, 0.05) is 10.9 Å². The SMILES string of the molecule is CON1Cc2c(cc3ccc4c(c3c2-c2ccc3c(c2)OCO3)OCO4)C1=O. The Bertz CT molecular complexity index is 1170. The molecule has 0 saturated carbocycles. The van der Waals surface area contributed by atoms with Crippen molar-refractivity contribution in [3.05, 3.63) is 47.5 Å². The molecule has 1 amide bonds. The highest BCUT2D eigenvalue weighted by atomic mass is 16.7. The van der Waals surface area contributed by atoms with Crippen molar-refractivity contribution >= 4 is 16.7 Å². The molecule has 0 aromatic heterocycles. The first-order valence-corrected chi connectivity index (χ1v) is 8.89. The van der Waals surface area contributed by atoms with Gasteiger partial charge < -0.3 is 18.9 Å². The zero-order valence-corrected chi connectivity index (χ0v) is 15.0. The van der Waals surface area contributed by atoms with Gasteiger partial charge in [0.15, 0.2) is 23.0 Å². The van der Waals surface area contributed by atoms with Crippen molar-refractivity contribution in [2.75, 3.05) is 20.7 Å². The minimum atomic E-state index is -0.154. The molecule has 0 unspecified atom stereocenters. The van der Waals surface area contributed by atoms with Gasteiger partial charge in [0.1, 0.15) is 0 Å². The molecular weight excluding hydrogens is 362 g/mol. The highest BCUT2D eigenvalue weighted by Crippen LogP contribution is 2.49. The summed E-state index contributed by atoms with van der Waals surface area (Å²) < 4.78 is 22.4. The second-order valence-electron chi connectivity index (χ2n) is 6.77. The van der Waals surface area contributed by atoms with Gasteiger partial charge in [-0.05, 0) is 46.3 Å². The van der Waals surface area contributed by atoms with Crippen molar-refractivity contribution in [2.24, 2.45) is 0 Å². The van der Waals surface area contributed by atoms with Gasteiger partial charge in [0.25, 0.3) is 5.91 Å². The van der Waals surface area contributed by atoms with Crippen molar-refractivity contribution < 1.29 is 28.6 Å². The van der Waals surface area contributed by atoms with Gasteiger partial charge in [-0.3, -0.25) is 9.63 Å². The highest BCUT2D eigenvalue weighted by molar-refractivity contribution is 6.11. The Morgan fingerprint density at radius 2 is 1.71 bits per heavy atom. The van der Waals surface area contributed by atoms with E-state index < -0.39 is 0 Å². The molecule has 7 heteroatoms. The van der Waals surface area contributed by atoms with Gasteiger partial charge in [-0.1, -0.05) is 12.1 Å². The summed E-state index contributed by atoms with van der Waals surface area (Å²) in [5.74, 6) is 2.62. The van der Waals surface area contributed by atoms with E-state index in [0.717, 1.165) is 27.5 Å². The lowest BCUT2D eigenvalue weighted by molar-refractivity contribution is -0.0956. The third-order valence-electron chi connectivity index (χ3n) is 5.39. The van der Waals surface area contributed by atoms with Crippen LogP contribution in [-0.4, -0.2) is 31.7 Å². The molecule has 0 aliphatic carbocycles. The molecule has 7 nitrogen and oxygen atoms in total. The molecule has 3 aliphatic heterocycles. The highest BCUT2D eigenvalue weighted by Gasteiger charge is 2.34. The maximum atomic E-state index is 12.8. The van der Waals surface area contributed by atoms with E-state index >= 15 is 0 Å². The number of ether oxygens (including phenoxy) is 4. The third-order valence-corrected chi connectivity index (χ3v) is 5.39. The van der Waals surface area contributed by atoms with Crippen LogP contribution in [0, 0.1) is 0 Å². The molecular formula is C21H15NO6. The Morgan fingerprint density at radius 3 is 2.61 bits per heavy atom. The molecule has 0 atom stereocenters. The fourth-order valence-electron chi connectivity index (χ4n) is 4.12. The van der Waals surface area contributed by atoms with Crippen LogP contribution in [-0.2, 0) is 11.4 Å². The molecule has 0 bridgehead atoms. The summed E-state index contributed by atoms with van der Waals surface area (Å²) in [6.45, 7) is 0.735. The standard InChI is InChI=1S/C21H15NO6/c1-24-22-8-14-13(21(22)23)6-11-3-5-16-20(28-10-26-16)19(11)18(14)12-2-4-15-17(7-12)27-9-25-15/h2-7H,8-10H2,1H3. The number of amides is 1. The number of carbonyl (C=O) groups is 1. The summed E-state index contributed by atoms with van der Waals surface area (Å²) >= 11 is 0. The number of hydrogen-bond acceptors (Lipinski definition) is 6. The Hall–Kier alpha value is -3.45. The molecule has 0 saturated heterocycles. The first-order chi connectivity index (χ1) is 13.7. The first-order valence-electron chi connectivity index (χ1n) is 8.89. The van der Waals surface area contributed by atoms with Crippen molar-refractivity contribution in [3.8, 4) is 34.1 Å². The van der Waals surface area contributed by atoms with Gasteiger partial charge in [-0.2, -0.15) is 0 Å². The summed E-state index contributed by atoms with van der Waals surface area (Å²) in [5.41, 5.74) is 3.35. The van der Waals surface area contributed by atoms with E-state index in [0.29, 0.717) is 35.1 Å². The molecule has 0 spiro atoms. The van der Waals surface area contributed by atoms with E-state index in [2.05, 4.69) is 0 Å². The van der Waals surface area contributed by atoms with E-state index in [-0.39, 0.29) is 19.5 Å². The average molecular weight is 377 g/mol. The van der Waals surface area contributed by atoms with Crippen LogP contribution >= 0.6 is 0 Å². The first kappa shape index (κ1) is 15.6. The van der Waals surface area contributed by atoms with E-state index in [1.807, 2.05) is 36.4 Å². The van der Waals surface area contributed by atoms with Gasteiger partial charge in [-0.25, -0.2) is 5.06 Å². The molecule has 3 heterocycles. The fraction of sp³-hybridized carbons (Fsp3) is 0.190. The molecule has 0 N–H and O–H groups in total. The van der Waals surface area contributed by atoms with E-state index in [1.54, 1.807) is 0 Å². The third kappa shape index (κ3) is 1.99. The van der Waals surface area contributed by atoms with Crippen LogP contribution in [0.25, 0.3) is 21.9 Å². The topological polar surface area (TPSA) is 66.5 Å². The van der Waals surface area contributed by atoms with E-state index in [4.69, 9.17) is 23.8 Å². The lowest BCUT2D eigenvalue weighted by Gasteiger charge is -2.15. The Balaban J connectivity index is 1.70. The predicted molar refractivity (Wildman–Crippen MR) is 98.5 cm³/mol. The smallest absolute Gasteiger partial charge is 0.278 e. The van der Waals surface area contributed by atoms with Gasteiger partial charge in [0.05, 0.1) is 13.7 Å². The Kier molecular flexibility index (Phi) is 3.08. The van der Waals surface area contributed by atoms with Crippen molar-refractivity contribution in [2.45, 2.75) is 6.54 Å². The number of hydroxylamine groups is 2. The number of hydrogen-bond donors (Lipinski definition) is 0. The second kappa shape index (κ2) is 5.53. The molecule has 28 heavy (non-hydrogen) atoms. The van der Waals surface area contributed by atoms with Crippen LogP contribution in [0.15, 0.2) is 36.4 Å². The largest absolute Gasteiger partial charge is 0.454 e. The van der Waals surface area contributed by atoms with Gasteiger partial charge in [-0.15, -0.1) is 0 Å². The molecule has 3 aliphatic rings. The normalized spacial score (nSPS) is 16.2. The molecule has 0 fully saturated rings. The predicted octanol–water partition coefficient (Wildman–Crippen LogP) is 3.48. The van der Waals surface area contributed by atoms with E-state index in [9.17, 15) is 4.79 Å². The van der Waals surface area contributed by atoms with Crippen LogP contribution in [0.5, 0.6) is 23.0 Å². The molecule has 140 valence electrons. The molecule has 0 radical (unpaired) electrons. The van der Waals surface area contributed by atoms with Gasteiger partial charge >= 0.3 is 0 Å². The monoisotopic (exact) mass is 377 g/mol. The summed E-state index contributed by atoms with van der Waals surface area (Å²) in [6.07, 6.45) is 0. The van der Waals surface area contributed by atoms with E-state index in [1.165, 1.54) is 12.2 Å². The molecule has 6 rings (SSSR count). The number of carbonyl (C=O) groups excluding carboxylic acids is 1. The quantitative estimate of drug-likeness (QED) is 0.681. The van der Waals surface area contributed by atoms with Crippen LogP contribution in [0.2, 0.25) is 0 Å². The minimum absolute atomic E-state index is 0.154. The summed E-state index contributed by atoms with van der Waals surface area (Å²) in [5, 5.41) is 3.18. The zero-order valence-electron chi connectivity index (χ0n) is 15.0. The van der Waals surface area contributed by atoms with Crippen molar-refractivity contribution in [3.63, 3.8) is 0 Å². The Labute approximate surface area is 159 Å². The fourth-order valence-corrected chi connectivity index (χ4v) is 4.12. The summed E-state index contributed by atoms with van der Waals surface area (Å²) in [7, 11) is 1.50. The van der Waals surface area contributed by atoms with Crippen LogP contribution in [0.1, 0.15) is 15.9 Å².